The van der Waals surface area contributed by atoms with Gasteiger partial charge in [-0.2, -0.15) is 13.2 Å². The normalized spacial score (nSPS) is 14.9. The van der Waals surface area contributed by atoms with Crippen LogP contribution in [0.15, 0.2) is 60.8 Å². The van der Waals surface area contributed by atoms with Crippen LogP contribution in [0.4, 0.5) is 17.6 Å². The second-order valence-corrected chi connectivity index (χ2v) is 8.66. The molecule has 1 amide bonds. The molecule has 3 aromatic rings. The summed E-state index contributed by atoms with van der Waals surface area (Å²) in [5.74, 6) is 0.459. The number of hydrogen-bond acceptors (Lipinski definition) is 5. The molecule has 0 radical (unpaired) electrons. The molecule has 2 N–H and O–H groups in total. The van der Waals surface area contributed by atoms with Crippen molar-refractivity contribution in [2.75, 3.05) is 20.3 Å². The number of aromatic nitrogens is 1. The zero-order valence-electron chi connectivity index (χ0n) is 20.1. The molecule has 2 heterocycles. The highest BCUT2D eigenvalue weighted by molar-refractivity contribution is 5.83. The van der Waals surface area contributed by atoms with Gasteiger partial charge in [-0.15, -0.1) is 0 Å². The fraction of sp³-hybridized carbons (Fsp3) is 0.333. The second kappa shape index (κ2) is 11.6. The van der Waals surface area contributed by atoms with Crippen molar-refractivity contribution in [1.82, 2.24) is 15.6 Å². The first-order valence-electron chi connectivity index (χ1n) is 11.9. The molecule has 1 aliphatic heterocycles. The van der Waals surface area contributed by atoms with E-state index >= 15 is 0 Å². The van der Waals surface area contributed by atoms with E-state index in [1.165, 1.54) is 43.6 Å². The predicted octanol–water partition coefficient (Wildman–Crippen LogP) is 5.15. The maximum Gasteiger partial charge on any atom is 0.433 e. The summed E-state index contributed by atoms with van der Waals surface area (Å²) in [6.07, 6.45) is -1.73. The monoisotopic (exact) mass is 517 g/mol. The topological polar surface area (TPSA) is 72.5 Å². The van der Waals surface area contributed by atoms with E-state index in [1.54, 1.807) is 6.07 Å². The Morgan fingerprint density at radius 1 is 1.00 bits per heavy atom. The smallest absolute Gasteiger partial charge is 0.433 e. The molecule has 0 unspecified atom stereocenters. The number of hydrogen-bond donors (Lipinski definition) is 2. The number of ether oxygens (including phenoxy) is 2. The molecule has 2 aromatic carbocycles. The first kappa shape index (κ1) is 26.4. The maximum atomic E-state index is 13.5. The molecule has 4 rings (SSSR count). The van der Waals surface area contributed by atoms with Gasteiger partial charge >= 0.3 is 6.18 Å². The largest absolute Gasteiger partial charge is 0.490 e. The van der Waals surface area contributed by atoms with Gasteiger partial charge in [0, 0.05) is 25.7 Å². The van der Waals surface area contributed by atoms with E-state index < -0.39 is 29.8 Å². The number of pyridine rings is 1. The number of aryl methyl sites for hydroxylation is 1. The molecule has 0 bridgehead atoms. The molecule has 1 aromatic heterocycles. The molecule has 37 heavy (non-hydrogen) atoms. The number of nitrogens with zero attached hydrogens (tertiary/aromatic N) is 1. The van der Waals surface area contributed by atoms with E-state index in [0.717, 1.165) is 18.1 Å². The summed E-state index contributed by atoms with van der Waals surface area (Å²) in [6, 6.07) is 12.3. The maximum absolute atomic E-state index is 13.5. The van der Waals surface area contributed by atoms with Gasteiger partial charge in [0.25, 0.3) is 0 Å². The van der Waals surface area contributed by atoms with Crippen LogP contribution in [-0.4, -0.2) is 31.2 Å². The third kappa shape index (κ3) is 6.76. The molecular formula is C27H27F4N3O3. The lowest BCUT2D eigenvalue weighted by Crippen LogP contribution is -2.38. The van der Waals surface area contributed by atoms with Crippen molar-refractivity contribution in [2.24, 2.45) is 0 Å². The Morgan fingerprint density at radius 3 is 2.35 bits per heavy atom. The van der Waals surface area contributed by atoms with Crippen molar-refractivity contribution >= 4 is 5.91 Å². The van der Waals surface area contributed by atoms with E-state index in [4.69, 9.17) is 9.47 Å². The van der Waals surface area contributed by atoms with Gasteiger partial charge in [-0.25, -0.2) is 4.39 Å². The van der Waals surface area contributed by atoms with Gasteiger partial charge in [0.2, 0.25) is 5.91 Å². The summed E-state index contributed by atoms with van der Waals surface area (Å²) in [5.41, 5.74) is 1.04. The lowest BCUT2D eigenvalue weighted by atomic mass is 9.96. The Hall–Kier alpha value is -3.66. The summed E-state index contributed by atoms with van der Waals surface area (Å²) in [5, 5.41) is 5.98. The zero-order chi connectivity index (χ0) is 26.4. The van der Waals surface area contributed by atoms with Crippen molar-refractivity contribution in [3.63, 3.8) is 0 Å². The summed E-state index contributed by atoms with van der Waals surface area (Å²) < 4.78 is 63.8. The van der Waals surface area contributed by atoms with E-state index in [1.807, 2.05) is 12.1 Å². The van der Waals surface area contributed by atoms with Crippen LogP contribution < -0.4 is 20.1 Å². The first-order chi connectivity index (χ1) is 17.7. The van der Waals surface area contributed by atoms with E-state index in [-0.39, 0.29) is 5.91 Å². The highest BCUT2D eigenvalue weighted by Gasteiger charge is 2.32. The number of amides is 1. The van der Waals surface area contributed by atoms with Crippen molar-refractivity contribution in [3.8, 4) is 11.5 Å². The minimum atomic E-state index is -4.51. The second-order valence-electron chi connectivity index (χ2n) is 8.66. The number of carbonyl (C=O) groups is 1. The Kier molecular flexibility index (Phi) is 8.27. The molecule has 196 valence electrons. The van der Waals surface area contributed by atoms with Crippen molar-refractivity contribution in [1.29, 1.82) is 0 Å². The molecule has 0 aliphatic carbocycles. The molecule has 0 saturated heterocycles. The van der Waals surface area contributed by atoms with Crippen LogP contribution in [0.1, 0.15) is 47.3 Å². The van der Waals surface area contributed by atoms with Crippen molar-refractivity contribution in [2.45, 2.75) is 37.5 Å². The molecule has 0 saturated carbocycles. The fourth-order valence-electron chi connectivity index (χ4n) is 4.12. The van der Waals surface area contributed by atoms with E-state index in [2.05, 4.69) is 15.6 Å². The van der Waals surface area contributed by atoms with Crippen LogP contribution in [0.5, 0.6) is 11.5 Å². The average molecular weight is 518 g/mol. The standard InChI is InChI=1S/C27H27F4N3O3/c1-32-26(35)25(18-5-8-20(28)9-6-18)34-21(10-3-17-4-12-24(33-16-17)27(29,30)31)19-7-11-22-23(15-19)37-14-2-13-36-22/h4-9,11-12,15-16,21,25,34H,2-3,10,13-14H2,1H3,(H,32,35)/t21-,25+/m0/s1. The van der Waals surface area contributed by atoms with Gasteiger partial charge in [-0.3, -0.25) is 15.1 Å². The number of alkyl halides is 3. The van der Waals surface area contributed by atoms with Gasteiger partial charge in [-0.1, -0.05) is 24.3 Å². The predicted molar refractivity (Wildman–Crippen MR) is 129 cm³/mol. The number of nitrogens with one attached hydrogen (secondary N) is 2. The van der Waals surface area contributed by atoms with Crippen LogP contribution >= 0.6 is 0 Å². The van der Waals surface area contributed by atoms with Crippen LogP contribution in [0.3, 0.4) is 0 Å². The average Bonchev–Trinajstić information content (AvgIpc) is 3.14. The number of benzene rings is 2. The molecule has 0 spiro atoms. The van der Waals surface area contributed by atoms with Crippen LogP contribution in [0.25, 0.3) is 0 Å². The Morgan fingerprint density at radius 2 is 1.70 bits per heavy atom. The number of rotatable bonds is 8. The molecular weight excluding hydrogens is 490 g/mol. The SMILES string of the molecule is CNC(=O)[C@H](N[C@@H](CCc1ccc(C(F)(F)F)nc1)c1ccc2c(c1)OCCCO2)c1ccc(F)cc1. The van der Waals surface area contributed by atoms with Gasteiger partial charge in [0.1, 0.15) is 17.6 Å². The lowest BCUT2D eigenvalue weighted by Gasteiger charge is -2.26. The Bertz CT molecular complexity index is 1200. The summed E-state index contributed by atoms with van der Waals surface area (Å²) in [4.78, 5) is 16.4. The molecule has 1 aliphatic rings. The molecule has 10 heteroatoms. The van der Waals surface area contributed by atoms with Gasteiger partial charge in [0.15, 0.2) is 11.5 Å². The quantitative estimate of drug-likeness (QED) is 0.405. The highest BCUT2D eigenvalue weighted by Crippen LogP contribution is 2.35. The summed E-state index contributed by atoms with van der Waals surface area (Å²) >= 11 is 0. The van der Waals surface area contributed by atoms with Gasteiger partial charge < -0.3 is 14.8 Å². The number of fused-ring (bicyclic) bond motifs is 1. The third-order valence-corrected chi connectivity index (χ3v) is 6.09. The van der Waals surface area contributed by atoms with Crippen molar-refractivity contribution < 1.29 is 31.8 Å². The van der Waals surface area contributed by atoms with Crippen molar-refractivity contribution in [3.05, 3.63) is 89.0 Å². The molecule has 0 fully saturated rings. The number of carbonyl (C=O) groups excluding carboxylic acids is 1. The third-order valence-electron chi connectivity index (χ3n) is 6.09. The summed E-state index contributed by atoms with van der Waals surface area (Å²) in [6.45, 7) is 1.04. The highest BCUT2D eigenvalue weighted by atomic mass is 19.4. The summed E-state index contributed by atoms with van der Waals surface area (Å²) in [7, 11) is 1.51. The molecule has 6 nitrogen and oxygen atoms in total. The van der Waals surface area contributed by atoms with E-state index in [9.17, 15) is 22.4 Å². The van der Waals surface area contributed by atoms with Crippen LogP contribution in [0.2, 0.25) is 0 Å². The molecule has 2 atom stereocenters. The number of likely N-dealkylation sites (N-methyl/N-ethyl adjacent to an activating group) is 1. The van der Waals surface area contributed by atoms with Crippen LogP contribution in [-0.2, 0) is 17.4 Å². The Labute approximate surface area is 212 Å². The number of halogens is 4. The fourth-order valence-corrected chi connectivity index (χ4v) is 4.12. The Balaban J connectivity index is 1.62. The van der Waals surface area contributed by atoms with Gasteiger partial charge in [0.05, 0.1) is 13.2 Å². The van der Waals surface area contributed by atoms with Crippen LogP contribution in [0, 0.1) is 5.82 Å². The minimum Gasteiger partial charge on any atom is -0.490 e. The van der Waals surface area contributed by atoms with Gasteiger partial charge in [-0.05, 0) is 59.9 Å². The zero-order valence-corrected chi connectivity index (χ0v) is 20.1. The lowest BCUT2D eigenvalue weighted by molar-refractivity contribution is -0.141. The van der Waals surface area contributed by atoms with E-state index in [0.29, 0.717) is 48.7 Å². The minimum absolute atomic E-state index is 0.317. The first-order valence-corrected chi connectivity index (χ1v) is 11.9.